The molecule has 1 heterocycles. The van der Waals surface area contributed by atoms with Crippen LogP contribution in [-0.4, -0.2) is 27.3 Å². The number of anilines is 1. The van der Waals surface area contributed by atoms with Gasteiger partial charge in [0, 0.05) is 23.4 Å². The van der Waals surface area contributed by atoms with E-state index in [0.29, 0.717) is 18.2 Å². The van der Waals surface area contributed by atoms with Gasteiger partial charge in [0.25, 0.3) is 0 Å². The van der Waals surface area contributed by atoms with Gasteiger partial charge >= 0.3 is 5.97 Å². The minimum absolute atomic E-state index is 0.382. The molecule has 0 saturated heterocycles. The highest BCUT2D eigenvalue weighted by atomic mass is 16.5. The number of nitrogens with zero attached hydrogens (tertiary/aromatic N) is 1. The molecule has 3 aromatic rings. The maximum atomic E-state index is 11.2. The van der Waals surface area contributed by atoms with Crippen LogP contribution < -0.4 is 14.8 Å². The van der Waals surface area contributed by atoms with Gasteiger partial charge in [-0.3, -0.25) is 0 Å². The van der Waals surface area contributed by atoms with Crippen LogP contribution in [0.25, 0.3) is 11.3 Å². The van der Waals surface area contributed by atoms with Gasteiger partial charge < -0.3 is 19.9 Å². The SMILES string of the molecule is CC(C)(C)Oc1nc(-c2ccccc2)ccc1CNc1ccc(OC(C)(C)C(=O)O)cc1. The zero-order valence-corrected chi connectivity index (χ0v) is 19.2. The fraction of sp³-hybridized carbons (Fsp3) is 0.308. The molecule has 2 aromatic carbocycles. The third-order valence-electron chi connectivity index (χ3n) is 4.64. The van der Waals surface area contributed by atoms with Crippen LogP contribution in [0, 0.1) is 0 Å². The number of carboxylic acids is 1. The first kappa shape index (κ1) is 23.1. The summed E-state index contributed by atoms with van der Waals surface area (Å²) in [5.74, 6) is 0.0700. The number of aromatic nitrogens is 1. The van der Waals surface area contributed by atoms with Crippen LogP contribution >= 0.6 is 0 Å². The van der Waals surface area contributed by atoms with Crippen LogP contribution in [0.15, 0.2) is 66.7 Å². The molecule has 0 saturated carbocycles. The molecule has 0 fully saturated rings. The number of rotatable bonds is 8. The summed E-state index contributed by atoms with van der Waals surface area (Å²) in [5.41, 5.74) is 2.03. The summed E-state index contributed by atoms with van der Waals surface area (Å²) in [5, 5.41) is 12.6. The van der Waals surface area contributed by atoms with E-state index in [4.69, 9.17) is 14.5 Å². The molecule has 168 valence electrons. The van der Waals surface area contributed by atoms with E-state index in [-0.39, 0.29) is 5.60 Å². The first-order chi connectivity index (χ1) is 15.0. The van der Waals surface area contributed by atoms with E-state index < -0.39 is 11.6 Å². The van der Waals surface area contributed by atoms with E-state index in [2.05, 4.69) is 5.32 Å². The van der Waals surface area contributed by atoms with Gasteiger partial charge in [0.2, 0.25) is 5.88 Å². The van der Waals surface area contributed by atoms with E-state index >= 15 is 0 Å². The Hall–Kier alpha value is -3.54. The Morgan fingerprint density at radius 2 is 1.56 bits per heavy atom. The summed E-state index contributed by atoms with van der Waals surface area (Å²) in [6.45, 7) is 9.55. The first-order valence-electron chi connectivity index (χ1n) is 10.5. The Bertz CT molecular complexity index is 1060. The summed E-state index contributed by atoms with van der Waals surface area (Å²) >= 11 is 0. The van der Waals surface area contributed by atoms with Crippen molar-refractivity contribution >= 4 is 11.7 Å². The van der Waals surface area contributed by atoms with Gasteiger partial charge in [0.15, 0.2) is 5.60 Å². The van der Waals surface area contributed by atoms with Crippen molar-refractivity contribution in [3.63, 3.8) is 0 Å². The first-order valence-corrected chi connectivity index (χ1v) is 10.5. The maximum absolute atomic E-state index is 11.2. The van der Waals surface area contributed by atoms with E-state index in [1.807, 2.05) is 75.4 Å². The van der Waals surface area contributed by atoms with Gasteiger partial charge in [-0.2, -0.15) is 0 Å². The van der Waals surface area contributed by atoms with Crippen LogP contribution in [0.5, 0.6) is 11.6 Å². The largest absolute Gasteiger partial charge is 0.478 e. The lowest BCUT2D eigenvalue weighted by atomic mass is 10.1. The van der Waals surface area contributed by atoms with Crippen LogP contribution in [0.1, 0.15) is 40.2 Å². The topological polar surface area (TPSA) is 80.7 Å². The second-order valence-corrected chi connectivity index (χ2v) is 9.04. The van der Waals surface area contributed by atoms with Crippen molar-refractivity contribution in [1.29, 1.82) is 0 Å². The van der Waals surface area contributed by atoms with Crippen LogP contribution in [0.4, 0.5) is 5.69 Å². The number of pyridine rings is 1. The number of hydrogen-bond acceptors (Lipinski definition) is 5. The summed E-state index contributed by atoms with van der Waals surface area (Å²) in [6, 6.07) is 21.2. The molecular formula is C26H30N2O4. The third-order valence-corrected chi connectivity index (χ3v) is 4.64. The minimum atomic E-state index is -1.29. The Kier molecular flexibility index (Phi) is 6.72. The predicted octanol–water partition coefficient (Wildman–Crippen LogP) is 5.78. The van der Waals surface area contributed by atoms with E-state index in [1.54, 1.807) is 12.1 Å². The quantitative estimate of drug-likeness (QED) is 0.468. The molecule has 0 spiro atoms. The highest BCUT2D eigenvalue weighted by Gasteiger charge is 2.29. The Labute approximate surface area is 189 Å². The predicted molar refractivity (Wildman–Crippen MR) is 126 cm³/mol. The second-order valence-electron chi connectivity index (χ2n) is 9.04. The summed E-state index contributed by atoms with van der Waals surface area (Å²) in [6.07, 6.45) is 0. The highest BCUT2D eigenvalue weighted by Crippen LogP contribution is 2.27. The summed E-state index contributed by atoms with van der Waals surface area (Å²) < 4.78 is 11.7. The number of benzene rings is 2. The molecule has 0 unspecified atom stereocenters. The Morgan fingerprint density at radius 3 is 2.16 bits per heavy atom. The van der Waals surface area contributed by atoms with Crippen molar-refractivity contribution in [1.82, 2.24) is 4.98 Å². The lowest BCUT2D eigenvalue weighted by molar-refractivity contribution is -0.152. The van der Waals surface area contributed by atoms with Gasteiger partial charge in [-0.15, -0.1) is 0 Å². The number of nitrogens with one attached hydrogen (secondary N) is 1. The third kappa shape index (κ3) is 6.23. The number of ether oxygens (including phenoxy) is 2. The monoisotopic (exact) mass is 434 g/mol. The molecule has 0 aliphatic rings. The van der Waals surface area contributed by atoms with Gasteiger partial charge in [0.1, 0.15) is 11.4 Å². The molecule has 3 rings (SSSR count). The van der Waals surface area contributed by atoms with Crippen LogP contribution in [0.2, 0.25) is 0 Å². The smallest absolute Gasteiger partial charge is 0.347 e. The molecule has 0 aliphatic heterocycles. The van der Waals surface area contributed by atoms with Crippen molar-refractivity contribution in [2.24, 2.45) is 0 Å². The van der Waals surface area contributed by atoms with Crippen molar-refractivity contribution in [3.8, 4) is 22.9 Å². The molecule has 1 aromatic heterocycles. The minimum Gasteiger partial charge on any atom is -0.478 e. The normalized spacial score (nSPS) is 11.7. The Morgan fingerprint density at radius 1 is 0.906 bits per heavy atom. The molecule has 0 atom stereocenters. The van der Waals surface area contributed by atoms with E-state index in [9.17, 15) is 9.90 Å². The molecule has 2 N–H and O–H groups in total. The number of aliphatic carboxylic acids is 1. The maximum Gasteiger partial charge on any atom is 0.347 e. The lowest BCUT2D eigenvalue weighted by Gasteiger charge is -2.23. The standard InChI is InChI=1S/C26H30N2O4/c1-25(2,3)32-23-19(11-16-22(28-23)18-9-7-6-8-10-18)17-27-20-12-14-21(15-13-20)31-26(4,5)24(29)30/h6-16,27H,17H2,1-5H3,(H,29,30). The average Bonchev–Trinajstić information content (AvgIpc) is 2.73. The molecule has 0 bridgehead atoms. The molecular weight excluding hydrogens is 404 g/mol. The summed E-state index contributed by atoms with van der Waals surface area (Å²) in [4.78, 5) is 16.0. The summed E-state index contributed by atoms with van der Waals surface area (Å²) in [7, 11) is 0. The van der Waals surface area contributed by atoms with E-state index in [1.165, 1.54) is 13.8 Å². The van der Waals surface area contributed by atoms with Gasteiger partial charge in [0.05, 0.1) is 5.69 Å². The molecule has 6 heteroatoms. The van der Waals surface area contributed by atoms with Gasteiger partial charge in [-0.1, -0.05) is 30.3 Å². The van der Waals surface area contributed by atoms with Crippen molar-refractivity contribution in [2.75, 3.05) is 5.32 Å². The molecule has 6 nitrogen and oxygen atoms in total. The molecule has 32 heavy (non-hydrogen) atoms. The van der Waals surface area contributed by atoms with Crippen molar-refractivity contribution < 1.29 is 19.4 Å². The van der Waals surface area contributed by atoms with Crippen molar-refractivity contribution in [2.45, 2.75) is 52.4 Å². The van der Waals surface area contributed by atoms with E-state index in [0.717, 1.165) is 22.5 Å². The molecule has 0 amide bonds. The average molecular weight is 435 g/mol. The Balaban J connectivity index is 1.75. The lowest BCUT2D eigenvalue weighted by Crippen LogP contribution is -2.37. The number of carbonyl (C=O) groups is 1. The molecule has 0 radical (unpaired) electrons. The van der Waals surface area contributed by atoms with Gasteiger partial charge in [-0.05, 0) is 71.0 Å². The number of carboxylic acid groups (broad SMARTS) is 1. The second kappa shape index (κ2) is 9.30. The zero-order valence-electron chi connectivity index (χ0n) is 19.2. The fourth-order valence-corrected chi connectivity index (χ4v) is 2.93. The van der Waals surface area contributed by atoms with Crippen LogP contribution in [0.3, 0.4) is 0 Å². The molecule has 0 aliphatic carbocycles. The van der Waals surface area contributed by atoms with Crippen LogP contribution in [-0.2, 0) is 11.3 Å². The zero-order chi connectivity index (χ0) is 23.4. The highest BCUT2D eigenvalue weighted by molar-refractivity contribution is 5.76. The fourth-order valence-electron chi connectivity index (χ4n) is 2.93. The number of hydrogen-bond donors (Lipinski definition) is 2. The van der Waals surface area contributed by atoms with Gasteiger partial charge in [-0.25, -0.2) is 9.78 Å². The van der Waals surface area contributed by atoms with Crippen molar-refractivity contribution in [3.05, 3.63) is 72.3 Å².